The molecule has 0 unspecified atom stereocenters. The van der Waals surface area contributed by atoms with Crippen molar-refractivity contribution in [3.63, 3.8) is 0 Å². The second-order valence-corrected chi connectivity index (χ2v) is 4.41. The molecule has 20 heavy (non-hydrogen) atoms. The number of hydrogen-bond donors (Lipinski definition) is 1. The Balaban J connectivity index is 1.97. The average molecular weight is 270 g/mol. The van der Waals surface area contributed by atoms with Gasteiger partial charge in [0.2, 0.25) is 0 Å². The first-order valence-electron chi connectivity index (χ1n) is 6.32. The normalized spacial score (nSPS) is 11.1. The number of para-hydroxylation sites is 1. The molecule has 0 spiro atoms. The van der Waals surface area contributed by atoms with Crippen molar-refractivity contribution in [2.45, 2.75) is 0 Å². The summed E-state index contributed by atoms with van der Waals surface area (Å²) in [6.07, 6.45) is 1.66. The topological polar surface area (TPSA) is 64.2 Å². The van der Waals surface area contributed by atoms with Gasteiger partial charge in [-0.1, -0.05) is 18.2 Å². The van der Waals surface area contributed by atoms with E-state index in [9.17, 15) is 4.79 Å². The predicted molar refractivity (Wildman–Crippen MR) is 75.8 cm³/mol. The molecule has 0 atom stereocenters. The van der Waals surface area contributed by atoms with Crippen LogP contribution in [0, 0.1) is 0 Å². The summed E-state index contributed by atoms with van der Waals surface area (Å²) in [6, 6.07) is 9.68. The number of aromatic nitrogens is 2. The Morgan fingerprint density at radius 2 is 2.05 bits per heavy atom. The van der Waals surface area contributed by atoms with Crippen LogP contribution >= 0.6 is 0 Å². The average Bonchev–Trinajstić information content (AvgIpc) is 2.85. The summed E-state index contributed by atoms with van der Waals surface area (Å²) in [5.74, 6) is -0.436. The first kappa shape index (κ1) is 12.6. The van der Waals surface area contributed by atoms with E-state index in [-0.39, 0.29) is 6.61 Å². The highest BCUT2D eigenvalue weighted by atomic mass is 16.6. The quantitative estimate of drug-likeness (QED) is 0.584. The third kappa shape index (κ3) is 2.23. The van der Waals surface area contributed by atoms with E-state index in [4.69, 9.17) is 9.47 Å². The standard InChI is InChI=1S/C15H14N2O3/c1-19-6-7-20-15(18)13-8-11-10-4-2-3-5-12(10)17-14(11)9-16-13/h2-5,8-9,17H,6-7H2,1H3. The van der Waals surface area contributed by atoms with Crippen molar-refractivity contribution < 1.29 is 14.3 Å². The van der Waals surface area contributed by atoms with Gasteiger partial charge in [-0.15, -0.1) is 0 Å². The third-order valence-corrected chi connectivity index (χ3v) is 3.12. The lowest BCUT2D eigenvalue weighted by atomic mass is 10.1. The van der Waals surface area contributed by atoms with E-state index in [1.165, 1.54) is 0 Å². The Morgan fingerprint density at radius 1 is 1.20 bits per heavy atom. The SMILES string of the molecule is COCCOC(=O)c1cc2c(cn1)[nH]c1ccccc12. The summed E-state index contributed by atoms with van der Waals surface area (Å²) in [7, 11) is 1.56. The smallest absolute Gasteiger partial charge is 0.357 e. The fourth-order valence-electron chi connectivity index (χ4n) is 2.15. The molecule has 5 nitrogen and oxygen atoms in total. The maximum absolute atomic E-state index is 11.9. The zero-order valence-electron chi connectivity index (χ0n) is 11.1. The summed E-state index contributed by atoms with van der Waals surface area (Å²) in [4.78, 5) is 19.3. The number of carbonyl (C=O) groups excluding carboxylic acids is 1. The minimum absolute atomic E-state index is 0.225. The van der Waals surface area contributed by atoms with E-state index in [0.29, 0.717) is 12.3 Å². The van der Waals surface area contributed by atoms with Gasteiger partial charge in [-0.25, -0.2) is 9.78 Å². The first-order valence-corrected chi connectivity index (χ1v) is 6.32. The lowest BCUT2D eigenvalue weighted by Crippen LogP contribution is -2.11. The van der Waals surface area contributed by atoms with Crippen LogP contribution in [0.15, 0.2) is 36.5 Å². The summed E-state index contributed by atoms with van der Waals surface area (Å²) < 4.78 is 9.91. The lowest BCUT2D eigenvalue weighted by molar-refractivity contribution is 0.0382. The van der Waals surface area contributed by atoms with Crippen LogP contribution in [-0.4, -0.2) is 36.3 Å². The van der Waals surface area contributed by atoms with Crippen molar-refractivity contribution in [3.8, 4) is 0 Å². The van der Waals surface area contributed by atoms with Crippen LogP contribution in [0.4, 0.5) is 0 Å². The van der Waals surface area contributed by atoms with Gasteiger partial charge in [0, 0.05) is 23.4 Å². The van der Waals surface area contributed by atoms with Gasteiger partial charge in [0.05, 0.1) is 18.3 Å². The molecule has 102 valence electrons. The van der Waals surface area contributed by atoms with E-state index >= 15 is 0 Å². The number of ether oxygens (including phenoxy) is 2. The van der Waals surface area contributed by atoms with Gasteiger partial charge < -0.3 is 14.5 Å². The van der Waals surface area contributed by atoms with Crippen molar-refractivity contribution in [2.24, 2.45) is 0 Å². The molecule has 0 bridgehead atoms. The number of benzene rings is 1. The maximum atomic E-state index is 11.9. The number of esters is 1. The fraction of sp³-hybridized carbons (Fsp3) is 0.200. The number of pyridine rings is 1. The molecule has 3 rings (SSSR count). The molecule has 2 aromatic heterocycles. The second-order valence-electron chi connectivity index (χ2n) is 4.41. The summed E-state index contributed by atoms with van der Waals surface area (Å²) >= 11 is 0. The van der Waals surface area contributed by atoms with Crippen molar-refractivity contribution in [2.75, 3.05) is 20.3 Å². The zero-order valence-corrected chi connectivity index (χ0v) is 11.1. The lowest BCUT2D eigenvalue weighted by Gasteiger charge is -2.03. The molecular formula is C15H14N2O3. The molecule has 0 radical (unpaired) electrons. The maximum Gasteiger partial charge on any atom is 0.357 e. The van der Waals surface area contributed by atoms with E-state index in [1.54, 1.807) is 19.4 Å². The number of hydrogen-bond acceptors (Lipinski definition) is 4. The Hall–Kier alpha value is -2.40. The van der Waals surface area contributed by atoms with E-state index in [1.807, 2.05) is 24.3 Å². The fourth-order valence-corrected chi connectivity index (χ4v) is 2.15. The van der Waals surface area contributed by atoms with Crippen LogP contribution in [0.3, 0.4) is 0 Å². The van der Waals surface area contributed by atoms with Gasteiger partial charge in [-0.2, -0.15) is 0 Å². The minimum atomic E-state index is -0.436. The highest BCUT2D eigenvalue weighted by molar-refractivity contribution is 6.08. The molecule has 0 aliphatic rings. The predicted octanol–water partition coefficient (Wildman–Crippen LogP) is 2.52. The van der Waals surface area contributed by atoms with Crippen LogP contribution < -0.4 is 0 Å². The molecule has 0 aliphatic carbocycles. The highest BCUT2D eigenvalue weighted by Crippen LogP contribution is 2.25. The highest BCUT2D eigenvalue weighted by Gasteiger charge is 2.12. The van der Waals surface area contributed by atoms with Crippen molar-refractivity contribution in [1.82, 2.24) is 9.97 Å². The number of methoxy groups -OCH3 is 1. The van der Waals surface area contributed by atoms with E-state index in [0.717, 1.165) is 21.8 Å². The van der Waals surface area contributed by atoms with Gasteiger partial charge >= 0.3 is 5.97 Å². The van der Waals surface area contributed by atoms with Gasteiger partial charge in [-0.3, -0.25) is 0 Å². The molecule has 1 aromatic carbocycles. The van der Waals surface area contributed by atoms with Gasteiger partial charge in [-0.05, 0) is 12.1 Å². The number of fused-ring (bicyclic) bond motifs is 3. The summed E-state index contributed by atoms with van der Waals surface area (Å²) in [6.45, 7) is 0.601. The van der Waals surface area contributed by atoms with Crippen molar-refractivity contribution in [3.05, 3.63) is 42.2 Å². The van der Waals surface area contributed by atoms with Gasteiger partial charge in [0.15, 0.2) is 0 Å². The Kier molecular flexibility index (Phi) is 3.35. The van der Waals surface area contributed by atoms with Crippen LogP contribution in [-0.2, 0) is 9.47 Å². The van der Waals surface area contributed by atoms with Gasteiger partial charge in [0.1, 0.15) is 12.3 Å². The Labute approximate surface area is 115 Å². The minimum Gasteiger partial charge on any atom is -0.459 e. The second kappa shape index (κ2) is 5.30. The van der Waals surface area contributed by atoms with Crippen molar-refractivity contribution in [1.29, 1.82) is 0 Å². The largest absolute Gasteiger partial charge is 0.459 e. The number of aromatic amines is 1. The van der Waals surface area contributed by atoms with Crippen LogP contribution in [0.2, 0.25) is 0 Å². The van der Waals surface area contributed by atoms with E-state index in [2.05, 4.69) is 9.97 Å². The number of nitrogens with one attached hydrogen (secondary N) is 1. The molecule has 5 heteroatoms. The van der Waals surface area contributed by atoms with E-state index < -0.39 is 5.97 Å². The molecule has 3 aromatic rings. The van der Waals surface area contributed by atoms with Crippen LogP contribution in [0.1, 0.15) is 10.5 Å². The van der Waals surface area contributed by atoms with Crippen molar-refractivity contribution >= 4 is 27.8 Å². The molecule has 0 amide bonds. The summed E-state index contributed by atoms with van der Waals surface area (Å²) in [5.41, 5.74) is 2.23. The number of H-pyrrole nitrogens is 1. The molecule has 0 aliphatic heterocycles. The molecule has 0 saturated carbocycles. The molecule has 2 heterocycles. The Morgan fingerprint density at radius 3 is 2.90 bits per heavy atom. The first-order chi connectivity index (χ1) is 9.79. The molecule has 0 saturated heterocycles. The Bertz CT molecular complexity index is 764. The number of carbonyl (C=O) groups is 1. The number of nitrogens with zero attached hydrogens (tertiary/aromatic N) is 1. The molecular weight excluding hydrogens is 256 g/mol. The van der Waals surface area contributed by atoms with Crippen LogP contribution in [0.25, 0.3) is 21.8 Å². The zero-order chi connectivity index (χ0) is 13.9. The third-order valence-electron chi connectivity index (χ3n) is 3.12. The van der Waals surface area contributed by atoms with Gasteiger partial charge in [0.25, 0.3) is 0 Å². The molecule has 0 fully saturated rings. The van der Waals surface area contributed by atoms with Crippen LogP contribution in [0.5, 0.6) is 0 Å². The number of rotatable bonds is 4. The monoisotopic (exact) mass is 270 g/mol. The molecule has 1 N–H and O–H groups in total. The summed E-state index contributed by atoms with van der Waals surface area (Å²) in [5, 5.41) is 2.03.